The summed E-state index contributed by atoms with van der Waals surface area (Å²) in [5.74, 6) is -0.623. The lowest BCUT2D eigenvalue weighted by molar-refractivity contribution is -0.161. The van der Waals surface area contributed by atoms with Crippen molar-refractivity contribution < 1.29 is 24.2 Å². The van der Waals surface area contributed by atoms with Crippen molar-refractivity contribution in [3.05, 3.63) is 207 Å². The van der Waals surface area contributed by atoms with Crippen LogP contribution in [0.4, 0.5) is 0 Å². The molecule has 0 saturated heterocycles. The Hall–Kier alpha value is -5.52. The van der Waals surface area contributed by atoms with Crippen LogP contribution in [-0.4, -0.2) is 36.4 Å². The highest BCUT2D eigenvalue weighted by Gasteiger charge is 2.16. The van der Waals surface area contributed by atoms with Gasteiger partial charge in [0.05, 0.1) is 6.61 Å². The first-order valence-electron chi connectivity index (χ1n) is 33.6. The molecule has 5 nitrogen and oxygen atoms in total. The minimum absolute atomic E-state index is 0.0866. The number of allylic oxidation sites excluding steroid dienone is 34. The van der Waals surface area contributed by atoms with Crippen LogP contribution in [0.1, 0.15) is 258 Å². The van der Waals surface area contributed by atoms with Gasteiger partial charge >= 0.3 is 11.9 Å². The maximum Gasteiger partial charge on any atom is 0.306 e. The minimum Gasteiger partial charge on any atom is -0.462 e. The summed E-state index contributed by atoms with van der Waals surface area (Å²) in [7, 11) is 0. The lowest BCUT2D eigenvalue weighted by Gasteiger charge is -2.15. The normalized spacial score (nSPS) is 13.6. The van der Waals surface area contributed by atoms with Gasteiger partial charge in [-0.1, -0.05) is 304 Å². The van der Waals surface area contributed by atoms with Crippen LogP contribution in [0, 0.1) is 0 Å². The second-order valence-corrected chi connectivity index (χ2v) is 21.4. The van der Waals surface area contributed by atoms with Gasteiger partial charge in [-0.25, -0.2) is 0 Å². The number of ether oxygens (including phenoxy) is 2. The number of hydrogen-bond donors (Lipinski definition) is 1. The largest absolute Gasteiger partial charge is 0.462 e. The van der Waals surface area contributed by atoms with Crippen LogP contribution >= 0.6 is 0 Å². The number of carbonyl (C=O) groups excluding carboxylic acids is 2. The Morgan fingerprint density at radius 1 is 0.274 bits per heavy atom. The van der Waals surface area contributed by atoms with Crippen molar-refractivity contribution in [2.45, 2.75) is 264 Å². The van der Waals surface area contributed by atoms with Crippen molar-refractivity contribution >= 4 is 11.9 Å². The van der Waals surface area contributed by atoms with Crippen molar-refractivity contribution in [3.63, 3.8) is 0 Å². The number of rotatable bonds is 59. The first kappa shape index (κ1) is 78.5. The molecule has 0 bridgehead atoms. The quantitative estimate of drug-likeness (QED) is 0.0373. The number of aliphatic hydroxyl groups is 1. The summed E-state index contributed by atoms with van der Waals surface area (Å²) in [6.07, 6.45) is 115. The van der Waals surface area contributed by atoms with Crippen LogP contribution in [0.25, 0.3) is 0 Å². The summed E-state index contributed by atoms with van der Waals surface area (Å²) in [4.78, 5) is 24.6. The molecule has 84 heavy (non-hydrogen) atoms. The smallest absolute Gasteiger partial charge is 0.306 e. The van der Waals surface area contributed by atoms with Gasteiger partial charge in [0, 0.05) is 12.8 Å². The van der Waals surface area contributed by atoms with Gasteiger partial charge in [-0.05, 0) is 148 Å². The predicted molar refractivity (Wildman–Crippen MR) is 370 cm³/mol. The first-order chi connectivity index (χ1) is 41.6. The van der Waals surface area contributed by atoms with E-state index in [0.29, 0.717) is 12.8 Å². The molecule has 1 atom stereocenters. The molecule has 0 aromatic carbocycles. The molecule has 0 saturated carbocycles. The molecule has 0 spiro atoms. The van der Waals surface area contributed by atoms with Crippen LogP contribution in [0.3, 0.4) is 0 Å². The maximum atomic E-state index is 12.4. The second kappa shape index (κ2) is 71.7. The Labute approximate surface area is 517 Å². The Morgan fingerprint density at radius 3 is 0.714 bits per heavy atom. The monoisotopic (exact) mass is 1150 g/mol. The third-order valence-corrected chi connectivity index (χ3v) is 13.6. The van der Waals surface area contributed by atoms with E-state index < -0.39 is 6.10 Å². The van der Waals surface area contributed by atoms with Gasteiger partial charge in [0.15, 0.2) is 6.10 Å². The molecule has 1 unspecified atom stereocenters. The standard InChI is InChI=1S/C79H122O5/c1-3-5-7-9-11-13-15-17-19-21-23-25-27-29-31-33-35-37-38-39-40-42-44-46-48-50-52-54-56-58-60-62-64-66-68-70-72-74-79(82)84-77(75-80)76-83-78(81)73-71-69-67-65-63-61-59-57-55-53-51-49-47-45-43-41-36-34-32-30-28-26-24-22-20-18-16-14-12-10-8-6-4-2/h5-8,11-14,17-20,23-26,29-32,35-37,39-41,44-47,50,52,56,58,77,80H,3-4,9-10,15-16,21-22,27-28,33-34,38,42-43,48-49,51,53-55,57,59-76H2,1-2H3/b7-5-,8-6-,13-11-,14-12-,19-17-,20-18-,25-23-,26-24-,31-29-,32-30-,37-35-,40-39-,41-36-,46-44-,47-45-,52-50-,58-56-. The van der Waals surface area contributed by atoms with E-state index in [4.69, 9.17) is 9.47 Å². The van der Waals surface area contributed by atoms with E-state index in [9.17, 15) is 14.7 Å². The fourth-order valence-electron chi connectivity index (χ4n) is 8.62. The molecule has 0 radical (unpaired) electrons. The zero-order valence-corrected chi connectivity index (χ0v) is 53.6. The number of hydrogen-bond acceptors (Lipinski definition) is 5. The fourth-order valence-corrected chi connectivity index (χ4v) is 8.62. The molecule has 0 aromatic rings. The number of unbranched alkanes of at least 4 members (excludes halogenated alkanes) is 17. The molecular weight excluding hydrogens is 1030 g/mol. The van der Waals surface area contributed by atoms with Crippen molar-refractivity contribution in [1.29, 1.82) is 0 Å². The molecule has 468 valence electrons. The lowest BCUT2D eigenvalue weighted by atomic mass is 10.0. The van der Waals surface area contributed by atoms with E-state index in [1.807, 2.05) is 0 Å². The zero-order valence-electron chi connectivity index (χ0n) is 53.6. The molecule has 0 aliphatic heterocycles. The molecule has 0 rings (SSSR count). The van der Waals surface area contributed by atoms with Crippen LogP contribution < -0.4 is 0 Å². The molecule has 0 fully saturated rings. The molecule has 0 aromatic heterocycles. The van der Waals surface area contributed by atoms with Gasteiger partial charge in [0.25, 0.3) is 0 Å². The van der Waals surface area contributed by atoms with E-state index in [1.165, 1.54) is 70.6 Å². The van der Waals surface area contributed by atoms with Gasteiger partial charge in [-0.3, -0.25) is 9.59 Å². The van der Waals surface area contributed by atoms with Crippen LogP contribution in [0.5, 0.6) is 0 Å². The molecule has 0 aliphatic rings. The third kappa shape index (κ3) is 69.0. The van der Waals surface area contributed by atoms with Gasteiger partial charge in [0.1, 0.15) is 6.61 Å². The highest BCUT2D eigenvalue weighted by atomic mass is 16.6. The minimum atomic E-state index is -0.799. The highest BCUT2D eigenvalue weighted by molar-refractivity contribution is 5.70. The van der Waals surface area contributed by atoms with Crippen molar-refractivity contribution in [2.75, 3.05) is 13.2 Å². The van der Waals surface area contributed by atoms with E-state index >= 15 is 0 Å². The summed E-state index contributed by atoms with van der Waals surface area (Å²) in [5, 5.41) is 9.70. The fraction of sp³-hybridized carbons (Fsp3) is 0.544. The molecular formula is C79H122O5. The van der Waals surface area contributed by atoms with E-state index in [1.54, 1.807) is 0 Å². The van der Waals surface area contributed by atoms with Crippen LogP contribution in [-0.2, 0) is 19.1 Å². The summed E-state index contributed by atoms with van der Waals surface area (Å²) < 4.78 is 10.7. The molecule has 0 aliphatic carbocycles. The SMILES string of the molecule is CC/C=C\C/C=C\C/C=C\C/C=C\C/C=C\C/C=C\C/C=C\C/C=C\C/C=C\C/C=C\CCCCCCCCC(=O)OC(CO)COC(=O)CCCCCCCCCCCCC/C=C\C/C=C\C/C=C\C/C=C\C/C=C\C/C=C\C/C=C\CC. The van der Waals surface area contributed by atoms with Gasteiger partial charge in [0.2, 0.25) is 0 Å². The Kier molecular flexibility index (Phi) is 67.0. The topological polar surface area (TPSA) is 72.8 Å². The lowest BCUT2D eigenvalue weighted by Crippen LogP contribution is -2.28. The average Bonchev–Trinajstić information content (AvgIpc) is 3.51. The van der Waals surface area contributed by atoms with Gasteiger partial charge in [-0.2, -0.15) is 0 Å². The van der Waals surface area contributed by atoms with Crippen molar-refractivity contribution in [3.8, 4) is 0 Å². The number of carbonyl (C=O) groups is 2. The summed E-state index contributed by atoms with van der Waals surface area (Å²) in [6, 6.07) is 0. The van der Waals surface area contributed by atoms with Crippen molar-refractivity contribution in [1.82, 2.24) is 0 Å². The maximum absolute atomic E-state index is 12.4. The summed E-state index contributed by atoms with van der Waals surface area (Å²) in [6.45, 7) is 3.89. The first-order valence-corrected chi connectivity index (χ1v) is 33.6. The molecule has 0 heterocycles. The number of esters is 2. The number of aliphatic hydroxyl groups excluding tert-OH is 1. The predicted octanol–water partition coefficient (Wildman–Crippen LogP) is 23.8. The summed E-state index contributed by atoms with van der Waals surface area (Å²) in [5.41, 5.74) is 0. The summed E-state index contributed by atoms with van der Waals surface area (Å²) >= 11 is 0. The van der Waals surface area contributed by atoms with Crippen LogP contribution in [0.15, 0.2) is 207 Å². The van der Waals surface area contributed by atoms with Crippen molar-refractivity contribution in [2.24, 2.45) is 0 Å². The molecule has 0 amide bonds. The Bertz CT molecular complexity index is 1980. The molecule has 1 N–H and O–H groups in total. The third-order valence-electron chi connectivity index (χ3n) is 13.6. The van der Waals surface area contributed by atoms with Gasteiger partial charge in [-0.15, -0.1) is 0 Å². The van der Waals surface area contributed by atoms with E-state index in [2.05, 4.69) is 220 Å². The van der Waals surface area contributed by atoms with E-state index in [0.717, 1.165) is 161 Å². The van der Waals surface area contributed by atoms with Gasteiger partial charge < -0.3 is 14.6 Å². The Balaban J connectivity index is 3.63. The highest BCUT2D eigenvalue weighted by Crippen LogP contribution is 2.15. The van der Waals surface area contributed by atoms with E-state index in [-0.39, 0.29) is 25.2 Å². The average molecular weight is 1150 g/mol. The zero-order chi connectivity index (χ0) is 60.5. The Morgan fingerprint density at radius 2 is 0.476 bits per heavy atom. The molecule has 5 heteroatoms. The van der Waals surface area contributed by atoms with Crippen LogP contribution in [0.2, 0.25) is 0 Å². The second-order valence-electron chi connectivity index (χ2n) is 21.4.